The van der Waals surface area contributed by atoms with E-state index in [4.69, 9.17) is 5.26 Å². The number of rotatable bonds is 2. The van der Waals surface area contributed by atoms with E-state index >= 15 is 0 Å². The minimum Gasteiger partial charge on any atom is -0.267 e. The van der Waals surface area contributed by atoms with E-state index in [0.717, 1.165) is 16.3 Å². The zero-order valence-electron chi connectivity index (χ0n) is 8.52. The summed E-state index contributed by atoms with van der Waals surface area (Å²) in [5.41, 5.74) is -2.21. The molecule has 0 atom stereocenters. The van der Waals surface area contributed by atoms with Crippen molar-refractivity contribution in [3.8, 4) is 6.07 Å². The molecule has 0 spiro atoms. The average Bonchev–Trinajstić information content (AvgIpc) is 2.68. The van der Waals surface area contributed by atoms with Crippen molar-refractivity contribution < 1.29 is 13.2 Å². The van der Waals surface area contributed by atoms with Gasteiger partial charge in [-0.25, -0.2) is 4.98 Å². The van der Waals surface area contributed by atoms with Crippen LogP contribution in [0.25, 0.3) is 5.78 Å². The molecule has 94 valence electrons. The molecule has 0 saturated carbocycles. The van der Waals surface area contributed by atoms with Gasteiger partial charge in [-0.2, -0.15) is 27.9 Å². The maximum Gasteiger partial charge on any atom is 0.433 e. The Balaban J connectivity index is 2.53. The fraction of sp³-hybridized carbons (Fsp3) is 0.250. The molecular formula is C8H4F3N5OS. The molecule has 1 N–H and O–H groups in total. The molecular weight excluding hydrogens is 271 g/mol. The number of thioether (sulfide) groups is 1. The summed E-state index contributed by atoms with van der Waals surface area (Å²) in [7, 11) is 0. The molecule has 0 saturated heterocycles. The highest BCUT2D eigenvalue weighted by molar-refractivity contribution is 7.99. The molecule has 0 fully saturated rings. The molecule has 2 heterocycles. The molecule has 0 radical (unpaired) electrons. The number of alkyl halides is 3. The van der Waals surface area contributed by atoms with Crippen LogP contribution >= 0.6 is 11.8 Å². The van der Waals surface area contributed by atoms with Crippen LogP contribution in [0.3, 0.4) is 0 Å². The number of aromatic nitrogens is 4. The number of nitriles is 1. The van der Waals surface area contributed by atoms with Gasteiger partial charge in [0.2, 0.25) is 0 Å². The molecule has 0 aliphatic rings. The first-order valence-electron chi connectivity index (χ1n) is 4.48. The second-order valence-electron chi connectivity index (χ2n) is 3.09. The Labute approximate surface area is 101 Å². The molecule has 0 aliphatic heterocycles. The number of hydrogen-bond acceptors (Lipinski definition) is 5. The van der Waals surface area contributed by atoms with Gasteiger partial charge in [-0.3, -0.25) is 9.89 Å². The third-order valence-electron chi connectivity index (χ3n) is 1.87. The molecule has 10 heteroatoms. The molecule has 2 aromatic rings. The molecule has 0 aromatic carbocycles. The Morgan fingerprint density at radius 3 is 2.83 bits per heavy atom. The molecule has 2 rings (SSSR count). The first-order valence-corrected chi connectivity index (χ1v) is 5.47. The Hall–Kier alpha value is -2.02. The number of fused-ring (bicyclic) bond motifs is 1. The monoisotopic (exact) mass is 275 g/mol. The molecule has 2 aromatic heterocycles. The van der Waals surface area contributed by atoms with Crippen molar-refractivity contribution >= 4 is 17.5 Å². The minimum absolute atomic E-state index is 0.0563. The van der Waals surface area contributed by atoms with Gasteiger partial charge in [0.15, 0.2) is 10.9 Å². The summed E-state index contributed by atoms with van der Waals surface area (Å²) in [6.45, 7) is 0. The van der Waals surface area contributed by atoms with Crippen molar-refractivity contribution in [2.45, 2.75) is 11.3 Å². The third-order valence-corrected chi connectivity index (χ3v) is 2.60. The van der Waals surface area contributed by atoms with Gasteiger partial charge in [0.25, 0.3) is 11.3 Å². The van der Waals surface area contributed by atoms with E-state index in [1.54, 1.807) is 0 Å². The van der Waals surface area contributed by atoms with E-state index in [-0.39, 0.29) is 16.7 Å². The highest BCUT2D eigenvalue weighted by Gasteiger charge is 2.33. The van der Waals surface area contributed by atoms with E-state index in [2.05, 4.69) is 15.1 Å². The zero-order valence-corrected chi connectivity index (χ0v) is 9.34. The van der Waals surface area contributed by atoms with Crippen molar-refractivity contribution in [3.63, 3.8) is 0 Å². The summed E-state index contributed by atoms with van der Waals surface area (Å²) in [4.78, 5) is 18.3. The summed E-state index contributed by atoms with van der Waals surface area (Å²) in [6, 6.07) is 2.20. The van der Waals surface area contributed by atoms with Crippen LogP contribution in [0.5, 0.6) is 0 Å². The highest BCUT2D eigenvalue weighted by atomic mass is 32.2. The fourth-order valence-corrected chi connectivity index (χ4v) is 1.68. The van der Waals surface area contributed by atoms with E-state index in [1.165, 1.54) is 0 Å². The maximum absolute atomic E-state index is 12.4. The fourth-order valence-electron chi connectivity index (χ4n) is 1.17. The summed E-state index contributed by atoms with van der Waals surface area (Å²) in [6.07, 6.45) is -4.70. The van der Waals surface area contributed by atoms with Crippen molar-refractivity contribution in [3.05, 3.63) is 22.1 Å². The molecule has 0 amide bonds. The van der Waals surface area contributed by atoms with Crippen molar-refractivity contribution in [2.24, 2.45) is 0 Å². The first-order chi connectivity index (χ1) is 8.41. The van der Waals surface area contributed by atoms with Gasteiger partial charge >= 0.3 is 6.18 Å². The predicted molar refractivity (Wildman–Crippen MR) is 54.9 cm³/mol. The Morgan fingerprint density at radius 1 is 1.50 bits per heavy atom. The van der Waals surface area contributed by atoms with Crippen molar-refractivity contribution in [1.29, 1.82) is 5.26 Å². The van der Waals surface area contributed by atoms with Crippen LogP contribution in [0.15, 0.2) is 16.0 Å². The smallest absolute Gasteiger partial charge is 0.267 e. The van der Waals surface area contributed by atoms with Gasteiger partial charge in [-0.1, -0.05) is 11.8 Å². The van der Waals surface area contributed by atoms with E-state index in [9.17, 15) is 18.0 Å². The van der Waals surface area contributed by atoms with Crippen LogP contribution in [0.1, 0.15) is 5.69 Å². The lowest BCUT2D eigenvalue weighted by Crippen LogP contribution is -2.20. The van der Waals surface area contributed by atoms with Gasteiger partial charge in [0.05, 0.1) is 11.8 Å². The lowest BCUT2D eigenvalue weighted by atomic mass is 10.4. The van der Waals surface area contributed by atoms with Gasteiger partial charge < -0.3 is 0 Å². The second kappa shape index (κ2) is 4.34. The first kappa shape index (κ1) is 12.4. The molecule has 6 nitrogen and oxygen atoms in total. The predicted octanol–water partition coefficient (Wildman–Crippen LogP) is 1.05. The van der Waals surface area contributed by atoms with Gasteiger partial charge in [0.1, 0.15) is 0 Å². The standard InChI is InChI=1S/C8H4F3N5OS/c9-8(10,11)4-3-5(17)16-6(13-4)14-7(15-16)18-2-1-12/h3H,2H2,(H,13,14,15). The number of hydrogen-bond donors (Lipinski definition) is 1. The van der Waals surface area contributed by atoms with Gasteiger partial charge in [0, 0.05) is 6.07 Å². The Bertz CT molecular complexity index is 683. The Kier molecular flexibility index (Phi) is 3.00. The topological polar surface area (TPSA) is 86.8 Å². The van der Waals surface area contributed by atoms with Crippen LogP contribution in [0.4, 0.5) is 13.2 Å². The Morgan fingerprint density at radius 2 is 2.22 bits per heavy atom. The lowest BCUT2D eigenvalue weighted by Gasteiger charge is -2.03. The van der Waals surface area contributed by atoms with E-state index in [0.29, 0.717) is 6.07 Å². The van der Waals surface area contributed by atoms with Crippen LogP contribution in [-0.2, 0) is 6.18 Å². The maximum atomic E-state index is 12.4. The normalized spacial score (nSPS) is 11.7. The highest BCUT2D eigenvalue weighted by Crippen LogP contribution is 2.26. The molecule has 0 aliphatic carbocycles. The largest absolute Gasteiger partial charge is 0.433 e. The number of H-pyrrole nitrogens is 1. The van der Waals surface area contributed by atoms with E-state index in [1.807, 2.05) is 6.07 Å². The quantitative estimate of drug-likeness (QED) is 0.828. The number of nitrogens with zero attached hydrogens (tertiary/aromatic N) is 4. The van der Waals surface area contributed by atoms with Crippen molar-refractivity contribution in [2.75, 3.05) is 5.75 Å². The summed E-state index contributed by atoms with van der Waals surface area (Å²) >= 11 is 0.959. The zero-order chi connectivity index (χ0) is 13.3. The number of halogens is 3. The van der Waals surface area contributed by atoms with Gasteiger partial charge in [-0.15, -0.1) is 0 Å². The third kappa shape index (κ3) is 2.30. The van der Waals surface area contributed by atoms with Crippen LogP contribution < -0.4 is 5.56 Å². The summed E-state index contributed by atoms with van der Waals surface area (Å²) in [5, 5.41) is 11.0. The molecule has 18 heavy (non-hydrogen) atoms. The molecule has 0 bridgehead atoms. The van der Waals surface area contributed by atoms with Crippen LogP contribution in [0.2, 0.25) is 0 Å². The van der Waals surface area contributed by atoms with Crippen LogP contribution in [-0.4, -0.2) is 25.3 Å². The second-order valence-corrected chi connectivity index (χ2v) is 4.05. The van der Waals surface area contributed by atoms with E-state index < -0.39 is 17.4 Å². The minimum atomic E-state index is -4.70. The SMILES string of the molecule is N#CCSc1nc2nc(C(F)(F)F)cc(=O)n2[nH]1. The van der Waals surface area contributed by atoms with Gasteiger partial charge in [-0.05, 0) is 0 Å². The molecule has 0 unspecified atom stereocenters. The van der Waals surface area contributed by atoms with Crippen LogP contribution in [0, 0.1) is 11.3 Å². The lowest BCUT2D eigenvalue weighted by molar-refractivity contribution is -0.141. The number of nitrogens with one attached hydrogen (secondary N) is 1. The number of aromatic amines is 1. The summed E-state index contributed by atoms with van der Waals surface area (Å²) in [5.74, 6) is -0.323. The average molecular weight is 275 g/mol. The summed E-state index contributed by atoms with van der Waals surface area (Å²) < 4.78 is 38.0. The van der Waals surface area contributed by atoms with Crippen molar-refractivity contribution in [1.82, 2.24) is 19.6 Å².